The molecule has 0 aromatic heterocycles. The molecule has 1 aromatic carbocycles. The number of anilines is 2. The summed E-state index contributed by atoms with van der Waals surface area (Å²) in [5, 5.41) is 0. The molecular weight excluding hydrogens is 231 g/mol. The lowest BCUT2D eigenvalue weighted by molar-refractivity contribution is 0.698. The fourth-order valence-electron chi connectivity index (χ4n) is 2.14. The Morgan fingerprint density at radius 3 is 2.87 bits per heavy atom. The second-order valence-electron chi connectivity index (χ2n) is 3.78. The zero-order chi connectivity index (χ0) is 10.8. The van der Waals surface area contributed by atoms with Gasteiger partial charge >= 0.3 is 0 Å². The smallest absolute Gasteiger partial charge is 0.0467 e. The first kappa shape index (κ1) is 10.9. The standard InChI is InChI=1S/C11H14Cl2N2/c12-3-4-15-10(7-13)6-8-5-9(14)1-2-11(8)15/h1-2,5,10H,3-4,6-7,14H2. The summed E-state index contributed by atoms with van der Waals surface area (Å²) in [5.74, 6) is 1.25. The number of alkyl halides is 2. The van der Waals surface area contributed by atoms with Gasteiger partial charge in [-0.2, -0.15) is 0 Å². The molecule has 1 aliphatic rings. The van der Waals surface area contributed by atoms with E-state index in [1.807, 2.05) is 12.1 Å². The Morgan fingerprint density at radius 2 is 2.20 bits per heavy atom. The Kier molecular flexibility index (Phi) is 3.27. The van der Waals surface area contributed by atoms with Gasteiger partial charge in [-0.1, -0.05) is 0 Å². The topological polar surface area (TPSA) is 29.3 Å². The summed E-state index contributed by atoms with van der Waals surface area (Å²) in [6, 6.07) is 6.38. The second kappa shape index (κ2) is 4.50. The van der Waals surface area contributed by atoms with Crippen LogP contribution in [0.4, 0.5) is 11.4 Å². The van der Waals surface area contributed by atoms with Crippen molar-refractivity contribution in [1.29, 1.82) is 0 Å². The summed E-state index contributed by atoms with van der Waals surface area (Å²) in [6.45, 7) is 0.843. The molecule has 0 amide bonds. The van der Waals surface area contributed by atoms with E-state index in [0.717, 1.165) is 18.7 Å². The molecule has 1 heterocycles. The molecule has 2 nitrogen and oxygen atoms in total. The van der Waals surface area contributed by atoms with Gasteiger partial charge in [0.05, 0.1) is 0 Å². The molecule has 0 saturated carbocycles. The first-order chi connectivity index (χ1) is 7.26. The maximum absolute atomic E-state index is 5.95. The van der Waals surface area contributed by atoms with Crippen molar-refractivity contribution < 1.29 is 0 Å². The maximum atomic E-state index is 5.95. The number of hydrogen-bond donors (Lipinski definition) is 1. The molecule has 2 N–H and O–H groups in total. The Labute approximate surface area is 100.0 Å². The minimum absolute atomic E-state index is 0.363. The highest BCUT2D eigenvalue weighted by Crippen LogP contribution is 2.33. The quantitative estimate of drug-likeness (QED) is 0.654. The predicted octanol–water partition coefficient (Wildman–Crippen LogP) is 2.48. The molecule has 1 atom stereocenters. The van der Waals surface area contributed by atoms with Crippen LogP contribution in [0.15, 0.2) is 18.2 Å². The van der Waals surface area contributed by atoms with E-state index >= 15 is 0 Å². The van der Waals surface area contributed by atoms with Gasteiger partial charge in [0.2, 0.25) is 0 Å². The molecule has 1 unspecified atom stereocenters. The highest BCUT2D eigenvalue weighted by molar-refractivity contribution is 6.19. The second-order valence-corrected chi connectivity index (χ2v) is 4.47. The molecule has 0 radical (unpaired) electrons. The molecule has 0 spiro atoms. The third kappa shape index (κ3) is 2.01. The van der Waals surface area contributed by atoms with E-state index in [1.165, 1.54) is 11.3 Å². The van der Waals surface area contributed by atoms with E-state index in [0.29, 0.717) is 17.8 Å². The monoisotopic (exact) mass is 244 g/mol. The van der Waals surface area contributed by atoms with Gasteiger partial charge in [-0.25, -0.2) is 0 Å². The van der Waals surface area contributed by atoms with Crippen molar-refractivity contribution in [3.05, 3.63) is 23.8 Å². The fourth-order valence-corrected chi connectivity index (χ4v) is 2.60. The molecule has 0 saturated heterocycles. The zero-order valence-electron chi connectivity index (χ0n) is 8.42. The lowest BCUT2D eigenvalue weighted by Crippen LogP contribution is -2.34. The van der Waals surface area contributed by atoms with Gasteiger partial charge in [-0.3, -0.25) is 0 Å². The molecule has 15 heavy (non-hydrogen) atoms. The predicted molar refractivity (Wildman–Crippen MR) is 67.1 cm³/mol. The fraction of sp³-hybridized carbons (Fsp3) is 0.455. The van der Waals surface area contributed by atoms with Gasteiger partial charge in [0.15, 0.2) is 0 Å². The summed E-state index contributed by atoms with van der Waals surface area (Å²) >= 11 is 11.7. The number of benzene rings is 1. The van der Waals surface area contributed by atoms with Gasteiger partial charge in [-0.05, 0) is 30.2 Å². The van der Waals surface area contributed by atoms with Crippen molar-refractivity contribution in [2.45, 2.75) is 12.5 Å². The van der Waals surface area contributed by atoms with Crippen LogP contribution in [0.5, 0.6) is 0 Å². The highest BCUT2D eigenvalue weighted by Gasteiger charge is 2.27. The van der Waals surface area contributed by atoms with E-state index in [-0.39, 0.29) is 0 Å². The largest absolute Gasteiger partial charge is 0.399 e. The van der Waals surface area contributed by atoms with Crippen molar-refractivity contribution in [2.24, 2.45) is 0 Å². The van der Waals surface area contributed by atoms with Crippen molar-refractivity contribution in [3.8, 4) is 0 Å². The average Bonchev–Trinajstić information content (AvgIpc) is 2.56. The lowest BCUT2D eigenvalue weighted by atomic mass is 10.1. The van der Waals surface area contributed by atoms with Crippen LogP contribution < -0.4 is 10.6 Å². The first-order valence-electron chi connectivity index (χ1n) is 5.03. The summed E-state index contributed by atoms with van der Waals surface area (Å²) in [5.41, 5.74) is 9.09. The van der Waals surface area contributed by atoms with Crippen LogP contribution in [0.25, 0.3) is 0 Å². The SMILES string of the molecule is Nc1ccc2c(c1)CC(CCl)N2CCCl. The molecule has 0 aliphatic carbocycles. The van der Waals surface area contributed by atoms with Gasteiger partial charge in [0.25, 0.3) is 0 Å². The first-order valence-corrected chi connectivity index (χ1v) is 6.10. The van der Waals surface area contributed by atoms with Gasteiger partial charge in [0, 0.05) is 35.7 Å². The van der Waals surface area contributed by atoms with Crippen LogP contribution in [0.1, 0.15) is 5.56 Å². The van der Waals surface area contributed by atoms with E-state index in [4.69, 9.17) is 28.9 Å². The normalized spacial score (nSPS) is 19.3. The molecule has 0 fully saturated rings. The minimum Gasteiger partial charge on any atom is -0.399 e. The third-order valence-electron chi connectivity index (χ3n) is 2.81. The number of nitrogens with two attached hydrogens (primary N) is 1. The Hall–Kier alpha value is -0.600. The molecular formula is C11H14Cl2N2. The molecule has 4 heteroatoms. The highest BCUT2D eigenvalue weighted by atomic mass is 35.5. The summed E-state index contributed by atoms with van der Waals surface area (Å²) in [7, 11) is 0. The van der Waals surface area contributed by atoms with Gasteiger partial charge in [0.1, 0.15) is 0 Å². The third-order valence-corrected chi connectivity index (χ3v) is 3.34. The Bertz CT molecular complexity index is 354. The van der Waals surface area contributed by atoms with E-state index in [1.54, 1.807) is 0 Å². The number of halogens is 2. The van der Waals surface area contributed by atoms with E-state index in [9.17, 15) is 0 Å². The average molecular weight is 245 g/mol. The lowest BCUT2D eigenvalue weighted by Gasteiger charge is -2.25. The Balaban J connectivity index is 2.31. The van der Waals surface area contributed by atoms with Crippen LogP contribution in [0.2, 0.25) is 0 Å². The zero-order valence-corrected chi connectivity index (χ0v) is 9.93. The number of nitrogen functional groups attached to an aromatic ring is 1. The molecule has 82 valence electrons. The van der Waals surface area contributed by atoms with Crippen molar-refractivity contribution in [3.63, 3.8) is 0 Å². The van der Waals surface area contributed by atoms with Crippen LogP contribution in [-0.4, -0.2) is 24.3 Å². The molecule has 1 aliphatic heterocycles. The number of nitrogens with zero attached hydrogens (tertiary/aromatic N) is 1. The van der Waals surface area contributed by atoms with Crippen LogP contribution >= 0.6 is 23.2 Å². The van der Waals surface area contributed by atoms with Crippen molar-refractivity contribution in [2.75, 3.05) is 28.9 Å². The minimum atomic E-state index is 0.363. The number of fused-ring (bicyclic) bond motifs is 1. The van der Waals surface area contributed by atoms with Crippen molar-refractivity contribution >= 4 is 34.6 Å². The molecule has 1 aromatic rings. The summed E-state index contributed by atoms with van der Waals surface area (Å²) in [4.78, 5) is 2.27. The molecule has 0 bridgehead atoms. The van der Waals surface area contributed by atoms with Crippen LogP contribution in [-0.2, 0) is 6.42 Å². The van der Waals surface area contributed by atoms with E-state index in [2.05, 4.69) is 11.0 Å². The number of hydrogen-bond acceptors (Lipinski definition) is 2. The molecule has 2 rings (SSSR count). The number of rotatable bonds is 3. The van der Waals surface area contributed by atoms with Gasteiger partial charge in [-0.15, -0.1) is 23.2 Å². The Morgan fingerprint density at radius 1 is 1.40 bits per heavy atom. The van der Waals surface area contributed by atoms with Crippen LogP contribution in [0.3, 0.4) is 0 Å². The van der Waals surface area contributed by atoms with E-state index < -0.39 is 0 Å². The van der Waals surface area contributed by atoms with Gasteiger partial charge < -0.3 is 10.6 Å². The van der Waals surface area contributed by atoms with Crippen LogP contribution in [0, 0.1) is 0 Å². The summed E-state index contributed by atoms with van der Waals surface area (Å²) in [6.07, 6.45) is 0.973. The van der Waals surface area contributed by atoms with Crippen molar-refractivity contribution in [1.82, 2.24) is 0 Å². The summed E-state index contributed by atoms with van der Waals surface area (Å²) < 4.78 is 0. The maximum Gasteiger partial charge on any atom is 0.0467 e.